The van der Waals surface area contributed by atoms with E-state index in [-0.39, 0.29) is 0 Å². The van der Waals surface area contributed by atoms with Gasteiger partial charge in [0.2, 0.25) is 0 Å². The molecule has 0 spiro atoms. The molecule has 0 aliphatic heterocycles. The molecule has 2 nitrogen and oxygen atoms in total. The van der Waals surface area contributed by atoms with Gasteiger partial charge >= 0.3 is 0 Å². The minimum absolute atomic E-state index is 0.358. The second kappa shape index (κ2) is 3.23. The molecule has 7 heavy (non-hydrogen) atoms. The van der Waals surface area contributed by atoms with Crippen molar-refractivity contribution in [1.82, 2.24) is 5.09 Å². The lowest BCUT2D eigenvalue weighted by Gasteiger charge is -2.01. The smallest absolute Gasteiger partial charge is 0.133 e. The monoisotopic (exact) mass is 121 g/mol. The molecule has 0 aliphatic carbocycles. The summed E-state index contributed by atoms with van der Waals surface area (Å²) in [5, 5.41) is 2.85. The van der Waals surface area contributed by atoms with Crippen LogP contribution >= 0.6 is 7.95 Å². The van der Waals surface area contributed by atoms with Crippen LogP contribution in [0.25, 0.3) is 0 Å². The summed E-state index contributed by atoms with van der Waals surface area (Å²) in [5.41, 5.74) is 0. The minimum Gasteiger partial charge on any atom is -0.310 e. The van der Waals surface area contributed by atoms with Gasteiger partial charge in [0.05, 0.1) is 0 Å². The van der Waals surface area contributed by atoms with Gasteiger partial charge in [0.25, 0.3) is 0 Å². The van der Waals surface area contributed by atoms with E-state index in [0.717, 1.165) is 0 Å². The zero-order valence-corrected chi connectivity index (χ0v) is 5.99. The third-order valence-corrected chi connectivity index (χ3v) is 1.48. The van der Waals surface area contributed by atoms with Crippen LogP contribution in [0, 0.1) is 0 Å². The molecule has 0 aromatic heterocycles. The van der Waals surface area contributed by atoms with Crippen molar-refractivity contribution < 1.29 is 4.57 Å². The van der Waals surface area contributed by atoms with Crippen molar-refractivity contribution in [2.75, 3.05) is 6.66 Å². The Morgan fingerprint density at radius 3 is 2.00 bits per heavy atom. The molecule has 0 saturated carbocycles. The van der Waals surface area contributed by atoms with Crippen LogP contribution in [0.1, 0.15) is 13.8 Å². The fourth-order valence-electron chi connectivity index (χ4n) is 0.407. The zero-order valence-electron chi connectivity index (χ0n) is 4.99. The van der Waals surface area contributed by atoms with E-state index in [1.54, 1.807) is 6.66 Å². The van der Waals surface area contributed by atoms with Gasteiger partial charge in [-0.3, -0.25) is 5.09 Å². The summed E-state index contributed by atoms with van der Waals surface area (Å²) in [4.78, 5) is 0. The molecule has 0 rings (SSSR count). The Morgan fingerprint density at radius 1 is 1.57 bits per heavy atom. The highest BCUT2D eigenvalue weighted by atomic mass is 31.1. The van der Waals surface area contributed by atoms with Gasteiger partial charge in [-0.1, -0.05) is 0 Å². The molecule has 0 fully saturated rings. The largest absolute Gasteiger partial charge is 0.310 e. The second-order valence-corrected chi connectivity index (χ2v) is 3.26. The van der Waals surface area contributed by atoms with Crippen LogP contribution in [0.4, 0.5) is 0 Å². The van der Waals surface area contributed by atoms with E-state index in [1.165, 1.54) is 0 Å². The molecule has 0 aromatic rings. The molecule has 44 valence electrons. The van der Waals surface area contributed by atoms with Gasteiger partial charge < -0.3 is 4.57 Å². The Morgan fingerprint density at radius 2 is 2.00 bits per heavy atom. The van der Waals surface area contributed by atoms with Crippen molar-refractivity contribution in [2.24, 2.45) is 0 Å². The Labute approximate surface area is 45.1 Å². The number of hydrogen-bond donors (Lipinski definition) is 1. The normalized spacial score (nSPS) is 14.9. The van der Waals surface area contributed by atoms with Crippen LogP contribution in [-0.4, -0.2) is 12.7 Å². The maximum Gasteiger partial charge on any atom is 0.133 e. The summed E-state index contributed by atoms with van der Waals surface area (Å²) in [6, 6.07) is 0.358. The number of rotatable bonds is 2. The van der Waals surface area contributed by atoms with E-state index in [2.05, 4.69) is 5.09 Å². The molecular formula is C4H12NOP. The fraction of sp³-hybridized carbons (Fsp3) is 1.00. The molecular weight excluding hydrogens is 109 g/mol. The predicted octanol–water partition coefficient (Wildman–Crippen LogP) is 1.09. The summed E-state index contributed by atoms with van der Waals surface area (Å²) in [6.45, 7) is 5.66. The van der Waals surface area contributed by atoms with E-state index in [4.69, 9.17) is 0 Å². The summed E-state index contributed by atoms with van der Waals surface area (Å²) in [5.74, 6) is 0. The van der Waals surface area contributed by atoms with Crippen LogP contribution in [-0.2, 0) is 4.57 Å². The summed E-state index contributed by atoms with van der Waals surface area (Å²) >= 11 is 0. The van der Waals surface area contributed by atoms with Crippen molar-refractivity contribution in [3.05, 3.63) is 0 Å². The van der Waals surface area contributed by atoms with E-state index in [0.29, 0.717) is 6.04 Å². The van der Waals surface area contributed by atoms with Crippen LogP contribution < -0.4 is 5.09 Å². The van der Waals surface area contributed by atoms with Crippen molar-refractivity contribution in [1.29, 1.82) is 0 Å². The van der Waals surface area contributed by atoms with Gasteiger partial charge in [0, 0.05) is 6.04 Å². The Kier molecular flexibility index (Phi) is 3.31. The fourth-order valence-corrected chi connectivity index (χ4v) is 1.22. The van der Waals surface area contributed by atoms with Crippen molar-refractivity contribution in [3.8, 4) is 0 Å². The van der Waals surface area contributed by atoms with Crippen molar-refractivity contribution in [3.63, 3.8) is 0 Å². The molecule has 0 aliphatic rings. The van der Waals surface area contributed by atoms with Crippen LogP contribution in [0.5, 0.6) is 0 Å². The SMILES string of the molecule is CC(C)N[PH](C)=O. The van der Waals surface area contributed by atoms with Gasteiger partial charge in [0.1, 0.15) is 7.95 Å². The molecule has 1 unspecified atom stereocenters. The zero-order chi connectivity index (χ0) is 5.86. The molecule has 0 amide bonds. The second-order valence-electron chi connectivity index (χ2n) is 1.86. The van der Waals surface area contributed by atoms with Crippen molar-refractivity contribution >= 4 is 7.95 Å². The van der Waals surface area contributed by atoms with Gasteiger partial charge in [-0.25, -0.2) is 0 Å². The Hall–Kier alpha value is 0.190. The van der Waals surface area contributed by atoms with E-state index in [1.807, 2.05) is 13.8 Å². The summed E-state index contributed by atoms with van der Waals surface area (Å²) in [7, 11) is -1.43. The van der Waals surface area contributed by atoms with E-state index >= 15 is 0 Å². The molecule has 3 heteroatoms. The maximum atomic E-state index is 10.3. The van der Waals surface area contributed by atoms with E-state index in [9.17, 15) is 4.57 Å². The Bertz CT molecular complexity index is 72.1. The molecule has 0 heterocycles. The molecule has 0 aromatic carbocycles. The lowest BCUT2D eigenvalue weighted by atomic mass is 10.4. The first-order chi connectivity index (χ1) is 3.13. The average Bonchev–Trinajstić information content (AvgIpc) is 1.27. The number of nitrogens with one attached hydrogen (secondary N) is 1. The minimum atomic E-state index is -1.43. The third kappa shape index (κ3) is 6.19. The quantitative estimate of drug-likeness (QED) is 0.554. The lowest BCUT2D eigenvalue weighted by Crippen LogP contribution is -2.12. The topological polar surface area (TPSA) is 29.1 Å². The van der Waals surface area contributed by atoms with Crippen LogP contribution in [0.15, 0.2) is 0 Å². The first-order valence-electron chi connectivity index (χ1n) is 2.40. The molecule has 0 radical (unpaired) electrons. The Balaban J connectivity index is 3.13. The summed E-state index contributed by atoms with van der Waals surface area (Å²) < 4.78 is 10.3. The average molecular weight is 121 g/mol. The molecule has 0 saturated heterocycles. The van der Waals surface area contributed by atoms with Gasteiger partial charge in [-0.2, -0.15) is 0 Å². The number of hydrogen-bond acceptors (Lipinski definition) is 1. The van der Waals surface area contributed by atoms with Gasteiger partial charge in [-0.05, 0) is 20.5 Å². The highest BCUT2D eigenvalue weighted by Crippen LogP contribution is 2.05. The van der Waals surface area contributed by atoms with Crippen LogP contribution in [0.3, 0.4) is 0 Å². The van der Waals surface area contributed by atoms with Crippen LogP contribution in [0.2, 0.25) is 0 Å². The molecule has 1 N–H and O–H groups in total. The van der Waals surface area contributed by atoms with E-state index < -0.39 is 7.95 Å². The lowest BCUT2D eigenvalue weighted by molar-refractivity contribution is 0.575. The molecule has 0 bridgehead atoms. The predicted molar refractivity (Wildman–Crippen MR) is 33.2 cm³/mol. The first-order valence-corrected chi connectivity index (χ1v) is 4.31. The first kappa shape index (κ1) is 7.19. The molecule has 1 atom stereocenters. The van der Waals surface area contributed by atoms with Gasteiger partial charge in [-0.15, -0.1) is 0 Å². The highest BCUT2D eigenvalue weighted by Gasteiger charge is 1.90. The standard InChI is InChI=1S/C4H12NOP/c1-4(2)5-7(3)6/h4,7H,1-3H3,(H,5,6). The third-order valence-electron chi connectivity index (χ3n) is 0.492. The maximum absolute atomic E-state index is 10.3. The van der Waals surface area contributed by atoms with Gasteiger partial charge in [0.15, 0.2) is 0 Å². The summed E-state index contributed by atoms with van der Waals surface area (Å²) in [6.07, 6.45) is 0. The highest BCUT2D eigenvalue weighted by molar-refractivity contribution is 7.41. The van der Waals surface area contributed by atoms with Crippen molar-refractivity contribution in [2.45, 2.75) is 19.9 Å².